The Morgan fingerprint density at radius 2 is 2.25 bits per heavy atom. The first-order chi connectivity index (χ1) is 9.38. The quantitative estimate of drug-likeness (QED) is 0.439. The number of aliphatic imine (C=N–C) groups is 1. The van der Waals surface area contributed by atoms with Crippen LogP contribution in [0.1, 0.15) is 4.88 Å². The van der Waals surface area contributed by atoms with Gasteiger partial charge in [-0.2, -0.15) is 0 Å². The van der Waals surface area contributed by atoms with Gasteiger partial charge in [-0.1, -0.05) is 6.07 Å². The minimum Gasteiger partial charge on any atom is -0.356 e. The summed E-state index contributed by atoms with van der Waals surface area (Å²) in [5, 5.41) is 8.69. The summed E-state index contributed by atoms with van der Waals surface area (Å²) in [6.45, 7) is 2.60. The van der Waals surface area contributed by atoms with E-state index in [1.54, 1.807) is 24.6 Å². The molecule has 7 heteroatoms. The van der Waals surface area contributed by atoms with Crippen molar-refractivity contribution in [1.82, 2.24) is 20.2 Å². The molecular weight excluding hydrogens is 385 g/mol. The first-order valence-corrected chi connectivity index (χ1v) is 7.19. The van der Waals surface area contributed by atoms with Crippen LogP contribution in [0.2, 0.25) is 0 Å². The van der Waals surface area contributed by atoms with Crippen molar-refractivity contribution in [1.29, 1.82) is 0 Å². The van der Waals surface area contributed by atoms with E-state index < -0.39 is 0 Å². The van der Waals surface area contributed by atoms with E-state index in [0.29, 0.717) is 0 Å². The molecule has 2 aromatic heterocycles. The van der Waals surface area contributed by atoms with Gasteiger partial charge in [0.2, 0.25) is 0 Å². The molecule has 0 aliphatic heterocycles. The van der Waals surface area contributed by atoms with E-state index in [4.69, 9.17) is 0 Å². The lowest BCUT2D eigenvalue weighted by Gasteiger charge is -2.11. The Morgan fingerprint density at radius 3 is 2.90 bits per heavy atom. The summed E-state index contributed by atoms with van der Waals surface area (Å²) in [5.41, 5.74) is 0. The average Bonchev–Trinajstić information content (AvgIpc) is 3.10. The monoisotopic (exact) mass is 405 g/mol. The van der Waals surface area contributed by atoms with Crippen LogP contribution in [0.4, 0.5) is 0 Å². The molecule has 110 valence electrons. The van der Waals surface area contributed by atoms with Gasteiger partial charge in [0, 0.05) is 44.0 Å². The van der Waals surface area contributed by atoms with Gasteiger partial charge in [-0.3, -0.25) is 4.99 Å². The number of guanidine groups is 1. The molecule has 2 N–H and O–H groups in total. The predicted molar refractivity (Wildman–Crippen MR) is 95.0 cm³/mol. The molecular formula is C13H20IN5S. The van der Waals surface area contributed by atoms with E-state index in [0.717, 1.165) is 32.0 Å². The van der Waals surface area contributed by atoms with Crippen molar-refractivity contribution >= 4 is 41.3 Å². The highest BCUT2D eigenvalue weighted by Crippen LogP contribution is 2.07. The highest BCUT2D eigenvalue weighted by atomic mass is 127. The summed E-state index contributed by atoms with van der Waals surface area (Å²) < 4.78 is 2.03. The van der Waals surface area contributed by atoms with Crippen LogP contribution in [0.5, 0.6) is 0 Å². The molecule has 0 spiro atoms. The second-order valence-corrected chi connectivity index (χ2v) is 5.09. The lowest BCUT2D eigenvalue weighted by molar-refractivity contribution is 0.661. The Bertz CT molecular complexity index is 439. The van der Waals surface area contributed by atoms with E-state index in [1.165, 1.54) is 4.88 Å². The molecule has 20 heavy (non-hydrogen) atoms. The Hall–Kier alpha value is -1.09. The molecule has 0 aliphatic carbocycles. The van der Waals surface area contributed by atoms with Gasteiger partial charge in [0.15, 0.2) is 5.96 Å². The topological polar surface area (TPSA) is 54.2 Å². The van der Waals surface area contributed by atoms with Crippen LogP contribution in [0.3, 0.4) is 0 Å². The van der Waals surface area contributed by atoms with Crippen LogP contribution in [0.25, 0.3) is 0 Å². The molecule has 0 atom stereocenters. The third-order valence-electron chi connectivity index (χ3n) is 2.69. The van der Waals surface area contributed by atoms with Crippen LogP contribution in [0.15, 0.2) is 41.2 Å². The Morgan fingerprint density at radius 1 is 1.40 bits per heavy atom. The van der Waals surface area contributed by atoms with Crippen LogP contribution < -0.4 is 10.6 Å². The molecule has 0 aliphatic rings. The first-order valence-electron chi connectivity index (χ1n) is 6.31. The van der Waals surface area contributed by atoms with Gasteiger partial charge in [-0.05, 0) is 17.9 Å². The van der Waals surface area contributed by atoms with Crippen molar-refractivity contribution in [3.8, 4) is 0 Å². The maximum atomic E-state index is 4.20. The number of hydrogen-bond acceptors (Lipinski definition) is 3. The standard InChI is InChI=1S/C13H19N5S.HI/c1-14-13(16-5-4-12-3-2-10-19-12)17-7-9-18-8-6-15-11-18;/h2-3,6,8,10-11H,4-5,7,9H2,1H3,(H2,14,16,17);1H. The zero-order chi connectivity index (χ0) is 13.3. The van der Waals surface area contributed by atoms with Crippen LogP contribution in [0, 0.1) is 0 Å². The molecule has 0 radical (unpaired) electrons. The summed E-state index contributed by atoms with van der Waals surface area (Å²) in [4.78, 5) is 9.60. The first kappa shape index (κ1) is 17.0. The normalized spacial score (nSPS) is 10.9. The van der Waals surface area contributed by atoms with Gasteiger partial charge in [0.1, 0.15) is 0 Å². The highest BCUT2D eigenvalue weighted by Gasteiger charge is 1.98. The van der Waals surface area contributed by atoms with Crippen molar-refractivity contribution in [2.24, 2.45) is 4.99 Å². The number of halogens is 1. The van der Waals surface area contributed by atoms with Crippen LogP contribution in [-0.2, 0) is 13.0 Å². The smallest absolute Gasteiger partial charge is 0.191 e. The number of hydrogen-bond donors (Lipinski definition) is 2. The van der Waals surface area contributed by atoms with E-state index in [1.807, 2.05) is 17.1 Å². The summed E-state index contributed by atoms with van der Waals surface area (Å²) in [6.07, 6.45) is 6.58. The third-order valence-corrected chi connectivity index (χ3v) is 3.63. The molecule has 0 unspecified atom stereocenters. The summed E-state index contributed by atoms with van der Waals surface area (Å²) in [6, 6.07) is 4.24. The number of nitrogens with one attached hydrogen (secondary N) is 2. The zero-order valence-corrected chi connectivity index (χ0v) is 14.6. The third kappa shape index (κ3) is 5.91. The van der Waals surface area contributed by atoms with Gasteiger partial charge in [-0.15, -0.1) is 35.3 Å². The number of imidazole rings is 1. The molecule has 2 heterocycles. The van der Waals surface area contributed by atoms with Crippen molar-refractivity contribution in [2.75, 3.05) is 20.1 Å². The van der Waals surface area contributed by atoms with Crippen LogP contribution >= 0.6 is 35.3 Å². The molecule has 0 saturated heterocycles. The summed E-state index contributed by atoms with van der Waals surface area (Å²) in [5.74, 6) is 0.844. The number of nitrogens with zero attached hydrogens (tertiary/aromatic N) is 3. The second-order valence-electron chi connectivity index (χ2n) is 4.06. The maximum absolute atomic E-state index is 4.20. The van der Waals surface area contributed by atoms with Gasteiger partial charge < -0.3 is 15.2 Å². The lowest BCUT2D eigenvalue weighted by Crippen LogP contribution is -2.39. The number of thiophene rings is 1. The van der Waals surface area contributed by atoms with Gasteiger partial charge >= 0.3 is 0 Å². The summed E-state index contributed by atoms with van der Waals surface area (Å²) >= 11 is 1.79. The number of rotatable bonds is 6. The van der Waals surface area contributed by atoms with Gasteiger partial charge in [0.05, 0.1) is 6.33 Å². The minimum atomic E-state index is 0. The second kappa shape index (κ2) is 9.76. The Kier molecular flexibility index (Phi) is 8.28. The van der Waals surface area contributed by atoms with Crippen molar-refractivity contribution < 1.29 is 0 Å². The fourth-order valence-corrected chi connectivity index (χ4v) is 2.41. The van der Waals surface area contributed by atoms with E-state index >= 15 is 0 Å². The predicted octanol–water partition coefficient (Wildman–Crippen LogP) is 1.97. The van der Waals surface area contributed by atoms with Crippen molar-refractivity contribution in [3.63, 3.8) is 0 Å². The van der Waals surface area contributed by atoms with E-state index in [2.05, 4.69) is 38.1 Å². The van der Waals surface area contributed by atoms with Gasteiger partial charge in [-0.25, -0.2) is 4.98 Å². The molecule has 5 nitrogen and oxygen atoms in total. The fraction of sp³-hybridized carbons (Fsp3) is 0.385. The molecule has 2 rings (SSSR count). The largest absolute Gasteiger partial charge is 0.356 e. The molecule has 0 amide bonds. The molecule has 0 aromatic carbocycles. The number of aromatic nitrogens is 2. The SMILES string of the molecule is CN=C(NCCc1cccs1)NCCn1ccnc1.I. The minimum absolute atomic E-state index is 0. The molecule has 0 saturated carbocycles. The zero-order valence-electron chi connectivity index (χ0n) is 11.5. The lowest BCUT2D eigenvalue weighted by atomic mass is 10.3. The van der Waals surface area contributed by atoms with E-state index in [-0.39, 0.29) is 24.0 Å². The van der Waals surface area contributed by atoms with Crippen LogP contribution in [-0.4, -0.2) is 35.6 Å². The average molecular weight is 405 g/mol. The fourth-order valence-electron chi connectivity index (χ4n) is 1.70. The highest BCUT2D eigenvalue weighted by molar-refractivity contribution is 14.0. The van der Waals surface area contributed by atoms with Crippen molar-refractivity contribution in [2.45, 2.75) is 13.0 Å². The van der Waals surface area contributed by atoms with Gasteiger partial charge in [0.25, 0.3) is 0 Å². The molecule has 2 aromatic rings. The molecule has 0 bridgehead atoms. The molecule has 0 fully saturated rings. The summed E-state index contributed by atoms with van der Waals surface area (Å²) in [7, 11) is 1.79. The van der Waals surface area contributed by atoms with Crippen molar-refractivity contribution in [3.05, 3.63) is 41.1 Å². The van der Waals surface area contributed by atoms with E-state index in [9.17, 15) is 0 Å². The Labute approximate surface area is 140 Å². The Balaban J connectivity index is 0.00000200. The maximum Gasteiger partial charge on any atom is 0.191 e.